The number of alkyl halides is 3. The zero-order valence-corrected chi connectivity index (χ0v) is 11.5. The summed E-state index contributed by atoms with van der Waals surface area (Å²) in [7, 11) is 0. The fourth-order valence-corrected chi connectivity index (χ4v) is 2.17. The molecule has 0 aromatic heterocycles. The average molecular weight is 306 g/mol. The van der Waals surface area contributed by atoms with Crippen molar-refractivity contribution >= 4 is 23.1 Å². The van der Waals surface area contributed by atoms with Crippen LogP contribution >= 0.6 is 11.8 Å². The van der Waals surface area contributed by atoms with Crippen LogP contribution in [0.15, 0.2) is 46.6 Å². The van der Waals surface area contributed by atoms with Crippen molar-refractivity contribution in [3.63, 3.8) is 0 Å². The summed E-state index contributed by atoms with van der Waals surface area (Å²) in [5.74, 6) is -1.70. The van der Waals surface area contributed by atoms with E-state index in [0.29, 0.717) is 23.2 Å². The van der Waals surface area contributed by atoms with Crippen molar-refractivity contribution in [3.05, 3.63) is 41.8 Å². The summed E-state index contributed by atoms with van der Waals surface area (Å²) < 4.78 is 48.6. The third-order valence-electron chi connectivity index (χ3n) is 2.34. The van der Waals surface area contributed by atoms with Gasteiger partial charge in [-0.2, -0.15) is 13.2 Å². The van der Waals surface area contributed by atoms with Gasteiger partial charge in [-0.3, -0.25) is 0 Å². The Morgan fingerprint density at radius 1 is 1.25 bits per heavy atom. The van der Waals surface area contributed by atoms with Crippen molar-refractivity contribution in [2.75, 3.05) is 17.2 Å². The largest absolute Gasteiger partial charge is 0.442 e. The standard InChI is InChI=1S/C13H14F4N2S/c1-8(6-12(14)13(15,16)17)4-5-20-9-2-3-10(18)11(19)7-9/h2-4,6-7H,5,18-19H2,1H3. The summed E-state index contributed by atoms with van der Waals surface area (Å²) in [4.78, 5) is 0.834. The van der Waals surface area contributed by atoms with E-state index >= 15 is 0 Å². The summed E-state index contributed by atoms with van der Waals surface area (Å²) in [6.07, 6.45) is -2.96. The van der Waals surface area contributed by atoms with Crippen LogP contribution in [-0.2, 0) is 0 Å². The quantitative estimate of drug-likeness (QED) is 0.377. The highest BCUT2D eigenvalue weighted by Gasteiger charge is 2.34. The molecule has 0 amide bonds. The number of hydrogen-bond donors (Lipinski definition) is 2. The normalized spacial score (nSPS) is 13.7. The zero-order valence-electron chi connectivity index (χ0n) is 10.7. The fourth-order valence-electron chi connectivity index (χ4n) is 1.25. The maximum absolute atomic E-state index is 12.7. The van der Waals surface area contributed by atoms with Gasteiger partial charge in [-0.05, 0) is 31.2 Å². The molecule has 1 aromatic rings. The Morgan fingerprint density at radius 2 is 1.90 bits per heavy atom. The molecule has 0 fully saturated rings. The lowest BCUT2D eigenvalue weighted by atomic mass is 10.2. The van der Waals surface area contributed by atoms with Gasteiger partial charge in [-0.1, -0.05) is 11.6 Å². The lowest BCUT2D eigenvalue weighted by Gasteiger charge is -2.04. The molecule has 4 N–H and O–H groups in total. The van der Waals surface area contributed by atoms with Crippen LogP contribution in [-0.4, -0.2) is 11.9 Å². The highest BCUT2D eigenvalue weighted by Crippen LogP contribution is 2.28. The van der Waals surface area contributed by atoms with E-state index in [1.165, 1.54) is 24.8 Å². The molecular weight excluding hydrogens is 292 g/mol. The van der Waals surface area contributed by atoms with Gasteiger partial charge < -0.3 is 11.5 Å². The molecule has 7 heteroatoms. The van der Waals surface area contributed by atoms with Gasteiger partial charge in [0.1, 0.15) is 0 Å². The van der Waals surface area contributed by atoms with E-state index in [1.54, 1.807) is 18.2 Å². The lowest BCUT2D eigenvalue weighted by molar-refractivity contribution is -0.108. The molecule has 0 saturated heterocycles. The molecule has 0 aliphatic heterocycles. The van der Waals surface area contributed by atoms with Gasteiger partial charge >= 0.3 is 6.18 Å². The van der Waals surface area contributed by atoms with Crippen LogP contribution in [0.5, 0.6) is 0 Å². The van der Waals surface area contributed by atoms with E-state index in [4.69, 9.17) is 11.5 Å². The number of nitrogen functional groups attached to an aromatic ring is 2. The predicted octanol–water partition coefficient (Wildman–Crippen LogP) is 4.31. The summed E-state index contributed by atoms with van der Waals surface area (Å²) in [5, 5.41) is 0. The minimum Gasteiger partial charge on any atom is -0.397 e. The predicted molar refractivity (Wildman–Crippen MR) is 75.0 cm³/mol. The van der Waals surface area contributed by atoms with E-state index in [1.807, 2.05) is 0 Å². The average Bonchev–Trinajstić information content (AvgIpc) is 2.32. The molecule has 0 spiro atoms. The van der Waals surface area contributed by atoms with Crippen LogP contribution < -0.4 is 11.5 Å². The number of thioether (sulfide) groups is 1. The molecule has 0 saturated carbocycles. The highest BCUT2D eigenvalue weighted by molar-refractivity contribution is 7.99. The van der Waals surface area contributed by atoms with Crippen LogP contribution in [0.25, 0.3) is 0 Å². The lowest BCUT2D eigenvalue weighted by Crippen LogP contribution is -2.07. The number of anilines is 2. The van der Waals surface area contributed by atoms with Gasteiger partial charge in [-0.25, -0.2) is 4.39 Å². The SMILES string of the molecule is CC(=CCSc1ccc(N)c(N)c1)C=C(F)C(F)(F)F. The van der Waals surface area contributed by atoms with Crippen molar-refractivity contribution in [1.29, 1.82) is 0 Å². The summed E-state index contributed by atoms with van der Waals surface area (Å²) >= 11 is 1.36. The molecule has 110 valence electrons. The Hall–Kier alpha value is -1.63. The topological polar surface area (TPSA) is 52.0 Å². The van der Waals surface area contributed by atoms with Crippen molar-refractivity contribution in [1.82, 2.24) is 0 Å². The molecule has 0 bridgehead atoms. The van der Waals surface area contributed by atoms with E-state index in [0.717, 1.165) is 4.90 Å². The number of rotatable bonds is 4. The number of halogens is 4. The first kappa shape index (κ1) is 16.4. The Morgan fingerprint density at radius 3 is 2.45 bits per heavy atom. The van der Waals surface area contributed by atoms with Gasteiger partial charge in [0.25, 0.3) is 0 Å². The first-order valence-electron chi connectivity index (χ1n) is 5.59. The van der Waals surface area contributed by atoms with Crippen LogP contribution in [0.4, 0.5) is 28.9 Å². The second-order valence-electron chi connectivity index (χ2n) is 4.04. The van der Waals surface area contributed by atoms with Gasteiger partial charge in [0, 0.05) is 10.6 Å². The van der Waals surface area contributed by atoms with Gasteiger partial charge in [0.2, 0.25) is 5.83 Å². The minimum atomic E-state index is -4.94. The van der Waals surface area contributed by atoms with E-state index in [9.17, 15) is 17.6 Å². The molecule has 2 nitrogen and oxygen atoms in total. The first-order chi connectivity index (χ1) is 9.20. The van der Waals surface area contributed by atoms with Crippen molar-refractivity contribution in [2.45, 2.75) is 18.0 Å². The number of hydrogen-bond acceptors (Lipinski definition) is 3. The van der Waals surface area contributed by atoms with Crippen LogP contribution in [0.3, 0.4) is 0 Å². The smallest absolute Gasteiger partial charge is 0.397 e. The van der Waals surface area contributed by atoms with E-state index < -0.39 is 12.0 Å². The molecule has 0 unspecified atom stereocenters. The third kappa shape index (κ3) is 5.16. The third-order valence-corrected chi connectivity index (χ3v) is 3.26. The molecule has 1 aromatic carbocycles. The van der Waals surface area contributed by atoms with Crippen LogP contribution in [0.1, 0.15) is 6.92 Å². The summed E-state index contributed by atoms with van der Waals surface area (Å²) in [6, 6.07) is 5.08. The second-order valence-corrected chi connectivity index (χ2v) is 5.13. The second kappa shape index (κ2) is 6.69. The van der Waals surface area contributed by atoms with Crippen LogP contribution in [0, 0.1) is 0 Å². The number of allylic oxidation sites excluding steroid dienone is 3. The van der Waals surface area contributed by atoms with E-state index in [2.05, 4.69) is 0 Å². The van der Waals surface area contributed by atoms with Crippen molar-refractivity contribution in [2.24, 2.45) is 0 Å². The van der Waals surface area contributed by atoms with Gasteiger partial charge in [0.15, 0.2) is 0 Å². The zero-order chi connectivity index (χ0) is 15.3. The molecule has 0 aliphatic rings. The van der Waals surface area contributed by atoms with Crippen molar-refractivity contribution in [3.8, 4) is 0 Å². The Bertz CT molecular complexity index is 536. The maximum Gasteiger partial charge on any atom is 0.442 e. The summed E-state index contributed by atoms with van der Waals surface area (Å²) in [5.41, 5.74) is 12.3. The first-order valence-corrected chi connectivity index (χ1v) is 6.57. The molecule has 20 heavy (non-hydrogen) atoms. The molecular formula is C13H14F4N2S. The highest BCUT2D eigenvalue weighted by atomic mass is 32.2. The fraction of sp³-hybridized carbons (Fsp3) is 0.231. The van der Waals surface area contributed by atoms with Gasteiger partial charge in [-0.15, -0.1) is 11.8 Å². The number of benzene rings is 1. The van der Waals surface area contributed by atoms with Crippen LogP contribution in [0.2, 0.25) is 0 Å². The molecule has 0 aliphatic carbocycles. The molecule has 1 rings (SSSR count). The number of nitrogens with two attached hydrogens (primary N) is 2. The Balaban J connectivity index is 2.62. The molecule has 0 heterocycles. The molecule has 0 radical (unpaired) electrons. The summed E-state index contributed by atoms with van der Waals surface area (Å²) in [6.45, 7) is 1.41. The van der Waals surface area contributed by atoms with Crippen molar-refractivity contribution < 1.29 is 17.6 Å². The van der Waals surface area contributed by atoms with Gasteiger partial charge in [0.05, 0.1) is 11.4 Å². The van der Waals surface area contributed by atoms with E-state index in [-0.39, 0.29) is 5.57 Å². The minimum absolute atomic E-state index is 0.204. The Labute approximate surface area is 118 Å². The Kier molecular flexibility index (Phi) is 5.50. The monoisotopic (exact) mass is 306 g/mol. The maximum atomic E-state index is 12.7. The molecule has 0 atom stereocenters.